The molecule has 4 heteroatoms. The van der Waals surface area contributed by atoms with Crippen LogP contribution >= 0.6 is 0 Å². The van der Waals surface area contributed by atoms with E-state index in [0.717, 1.165) is 10.5 Å². The molecule has 98 valence electrons. The van der Waals surface area contributed by atoms with Gasteiger partial charge in [-0.1, -0.05) is 13.8 Å². The molecule has 0 radical (unpaired) electrons. The van der Waals surface area contributed by atoms with Gasteiger partial charge in [-0.15, -0.1) is 0 Å². The second kappa shape index (κ2) is 4.42. The first-order valence-electron chi connectivity index (χ1n) is 6.54. The molecule has 0 saturated heterocycles. The zero-order chi connectivity index (χ0) is 12.9. The van der Waals surface area contributed by atoms with Crippen LogP contribution < -0.4 is 5.32 Å². The van der Waals surface area contributed by atoms with Gasteiger partial charge in [0.05, 0.1) is 10.8 Å². The van der Waals surface area contributed by atoms with Crippen molar-refractivity contribution in [2.75, 3.05) is 0 Å². The lowest BCUT2D eigenvalue weighted by Gasteiger charge is -2.36. The van der Waals surface area contributed by atoms with Crippen molar-refractivity contribution in [1.29, 1.82) is 0 Å². The molecule has 1 heterocycles. The van der Waals surface area contributed by atoms with Crippen LogP contribution in [0.4, 0.5) is 4.39 Å². The van der Waals surface area contributed by atoms with Gasteiger partial charge >= 0.3 is 0 Å². The minimum Gasteiger partial charge on any atom is -0.307 e. The molecule has 1 saturated carbocycles. The van der Waals surface area contributed by atoms with Gasteiger partial charge in [-0.05, 0) is 42.5 Å². The summed E-state index contributed by atoms with van der Waals surface area (Å²) in [6, 6.07) is 5.34. The molecule has 1 aromatic carbocycles. The van der Waals surface area contributed by atoms with Gasteiger partial charge in [-0.3, -0.25) is 4.21 Å². The monoisotopic (exact) mass is 267 g/mol. The van der Waals surface area contributed by atoms with Crippen LogP contribution in [0.2, 0.25) is 0 Å². The first-order valence-corrected chi connectivity index (χ1v) is 7.75. The van der Waals surface area contributed by atoms with Crippen molar-refractivity contribution < 1.29 is 8.60 Å². The molecule has 4 atom stereocenters. The van der Waals surface area contributed by atoms with Gasteiger partial charge in [0, 0.05) is 22.2 Å². The molecule has 1 aliphatic carbocycles. The second-order valence-corrected chi connectivity index (χ2v) is 7.24. The first kappa shape index (κ1) is 12.3. The standard InChI is InChI=1S/C14H18FNOS/c1-8-9(2)18(17)13-6-3-10(15)7-12(13)14(8)16-11-4-5-11/h3,6-9,11,14,16H,4-5H2,1-2H3. The molecular formula is C14H18FNOS. The summed E-state index contributed by atoms with van der Waals surface area (Å²) in [6.45, 7) is 4.13. The third-order valence-electron chi connectivity index (χ3n) is 4.12. The summed E-state index contributed by atoms with van der Waals surface area (Å²) in [6.07, 6.45) is 2.40. The highest BCUT2D eigenvalue weighted by Crippen LogP contribution is 2.40. The predicted octanol–water partition coefficient (Wildman–Crippen LogP) is 2.76. The maximum absolute atomic E-state index is 13.4. The fourth-order valence-corrected chi connectivity index (χ4v) is 4.21. The molecule has 1 N–H and O–H groups in total. The van der Waals surface area contributed by atoms with Crippen LogP contribution in [0.15, 0.2) is 23.1 Å². The number of hydrogen-bond donors (Lipinski definition) is 1. The topological polar surface area (TPSA) is 29.1 Å². The maximum Gasteiger partial charge on any atom is 0.123 e. The second-order valence-electron chi connectivity index (χ2n) is 5.46. The van der Waals surface area contributed by atoms with E-state index in [1.807, 2.05) is 6.92 Å². The first-order chi connectivity index (χ1) is 8.58. The molecule has 1 aromatic rings. The van der Waals surface area contributed by atoms with Crippen LogP contribution in [0.25, 0.3) is 0 Å². The van der Waals surface area contributed by atoms with Crippen molar-refractivity contribution in [3.63, 3.8) is 0 Å². The Labute approximate surface area is 109 Å². The van der Waals surface area contributed by atoms with E-state index < -0.39 is 10.8 Å². The highest BCUT2D eigenvalue weighted by atomic mass is 32.2. The molecule has 2 nitrogen and oxygen atoms in total. The summed E-state index contributed by atoms with van der Waals surface area (Å²) < 4.78 is 25.8. The lowest BCUT2D eigenvalue weighted by molar-refractivity contribution is 0.362. The minimum atomic E-state index is -1.02. The average Bonchev–Trinajstić information content (AvgIpc) is 3.16. The molecule has 1 aliphatic heterocycles. The third-order valence-corrected chi connectivity index (χ3v) is 6.03. The summed E-state index contributed by atoms with van der Waals surface area (Å²) >= 11 is 0. The van der Waals surface area contributed by atoms with Gasteiger partial charge in [0.2, 0.25) is 0 Å². The lowest BCUT2D eigenvalue weighted by Crippen LogP contribution is -2.40. The van der Waals surface area contributed by atoms with Crippen molar-refractivity contribution in [3.05, 3.63) is 29.6 Å². The largest absolute Gasteiger partial charge is 0.307 e. The molecule has 3 rings (SSSR count). The van der Waals surface area contributed by atoms with Crippen LogP contribution in [0.1, 0.15) is 38.3 Å². The predicted molar refractivity (Wildman–Crippen MR) is 70.3 cm³/mol. The number of benzene rings is 1. The molecular weight excluding hydrogens is 249 g/mol. The molecule has 0 bridgehead atoms. The Hall–Kier alpha value is -0.740. The molecule has 4 unspecified atom stereocenters. The van der Waals surface area contributed by atoms with Crippen LogP contribution in [0.5, 0.6) is 0 Å². The van der Waals surface area contributed by atoms with E-state index in [1.165, 1.54) is 18.9 Å². The smallest absolute Gasteiger partial charge is 0.123 e. The molecule has 1 fully saturated rings. The van der Waals surface area contributed by atoms with Gasteiger partial charge in [0.25, 0.3) is 0 Å². The fraction of sp³-hybridized carbons (Fsp3) is 0.571. The van der Waals surface area contributed by atoms with Gasteiger partial charge in [0.1, 0.15) is 5.82 Å². The summed E-state index contributed by atoms with van der Waals surface area (Å²) in [7, 11) is -1.02. The molecule has 2 aliphatic rings. The van der Waals surface area contributed by atoms with Crippen molar-refractivity contribution in [1.82, 2.24) is 5.32 Å². The Balaban J connectivity index is 2.04. The quantitative estimate of drug-likeness (QED) is 0.892. The minimum absolute atomic E-state index is 0.110. The van der Waals surface area contributed by atoms with E-state index in [0.29, 0.717) is 6.04 Å². The van der Waals surface area contributed by atoms with E-state index in [2.05, 4.69) is 12.2 Å². The summed E-state index contributed by atoms with van der Waals surface area (Å²) in [5.74, 6) is 0.0239. The van der Waals surface area contributed by atoms with E-state index in [-0.39, 0.29) is 23.0 Å². The normalized spacial score (nSPS) is 35.3. The van der Waals surface area contributed by atoms with Gasteiger partial charge in [0.15, 0.2) is 0 Å². The Bertz CT molecular complexity index is 501. The van der Waals surface area contributed by atoms with Crippen LogP contribution in [0, 0.1) is 11.7 Å². The van der Waals surface area contributed by atoms with Gasteiger partial charge in [-0.2, -0.15) is 0 Å². The summed E-state index contributed by atoms with van der Waals surface area (Å²) in [5.41, 5.74) is 0.894. The highest BCUT2D eigenvalue weighted by Gasteiger charge is 2.39. The van der Waals surface area contributed by atoms with Crippen LogP contribution in [-0.4, -0.2) is 15.5 Å². The number of fused-ring (bicyclic) bond motifs is 1. The number of rotatable bonds is 2. The van der Waals surface area contributed by atoms with E-state index in [1.54, 1.807) is 12.1 Å². The summed E-state index contributed by atoms with van der Waals surface area (Å²) in [4.78, 5) is 0.806. The zero-order valence-corrected chi connectivity index (χ0v) is 11.5. The van der Waals surface area contributed by atoms with Crippen molar-refractivity contribution in [2.24, 2.45) is 5.92 Å². The number of nitrogens with one attached hydrogen (secondary N) is 1. The number of hydrogen-bond acceptors (Lipinski definition) is 2. The SMILES string of the molecule is CC1C(NC2CC2)c2cc(F)ccc2S(=O)C1C. The Kier molecular flexibility index (Phi) is 3.02. The maximum atomic E-state index is 13.4. The molecule has 0 amide bonds. The highest BCUT2D eigenvalue weighted by molar-refractivity contribution is 7.85. The van der Waals surface area contributed by atoms with Gasteiger partial charge < -0.3 is 5.32 Å². The van der Waals surface area contributed by atoms with Crippen LogP contribution in [-0.2, 0) is 10.8 Å². The average molecular weight is 267 g/mol. The summed E-state index contributed by atoms with van der Waals surface area (Å²) in [5, 5.41) is 3.69. The van der Waals surface area contributed by atoms with E-state index in [9.17, 15) is 8.60 Å². The Morgan fingerprint density at radius 3 is 2.72 bits per heavy atom. The Morgan fingerprint density at radius 1 is 1.33 bits per heavy atom. The Morgan fingerprint density at radius 2 is 2.06 bits per heavy atom. The van der Waals surface area contributed by atoms with E-state index >= 15 is 0 Å². The van der Waals surface area contributed by atoms with Crippen molar-refractivity contribution in [3.8, 4) is 0 Å². The zero-order valence-electron chi connectivity index (χ0n) is 10.7. The van der Waals surface area contributed by atoms with E-state index in [4.69, 9.17) is 0 Å². The molecule has 0 spiro atoms. The lowest BCUT2D eigenvalue weighted by atomic mass is 9.91. The van der Waals surface area contributed by atoms with Gasteiger partial charge in [-0.25, -0.2) is 4.39 Å². The van der Waals surface area contributed by atoms with Crippen molar-refractivity contribution >= 4 is 10.8 Å². The third kappa shape index (κ3) is 2.01. The molecule has 0 aromatic heterocycles. The number of halogens is 1. The van der Waals surface area contributed by atoms with Crippen molar-refractivity contribution in [2.45, 2.75) is 48.9 Å². The fourth-order valence-electron chi connectivity index (χ4n) is 2.64. The molecule has 18 heavy (non-hydrogen) atoms. The van der Waals surface area contributed by atoms with Crippen LogP contribution in [0.3, 0.4) is 0 Å².